The Labute approximate surface area is 70.4 Å². The Hall–Kier alpha value is -0.920. The summed E-state index contributed by atoms with van der Waals surface area (Å²) in [7, 11) is -3.29. The monoisotopic (exact) mass is 198 g/mol. The fraction of sp³-hybridized carbons (Fsp3) is 0.400. The highest BCUT2D eigenvalue weighted by molar-refractivity contribution is 7.80. The molecule has 0 aliphatic rings. The van der Waals surface area contributed by atoms with Gasteiger partial charge in [-0.3, -0.25) is 8.74 Å². The topological polar surface area (TPSA) is 101 Å². The predicted octanol–water partition coefficient (Wildman–Crippen LogP) is 0.0827. The van der Waals surface area contributed by atoms with Crippen LogP contribution in [-0.4, -0.2) is 31.2 Å². The first-order valence-corrected chi connectivity index (χ1v) is 3.99. The molecule has 6 nitrogen and oxygen atoms in total. The number of aliphatic carboxylic acids is 1. The number of carbonyl (C=O) groups is 1. The van der Waals surface area contributed by atoms with E-state index in [4.69, 9.17) is 9.66 Å². The number of carboxylic acid groups (broad SMARTS) is 1. The van der Waals surface area contributed by atoms with Crippen LogP contribution in [0.1, 0.15) is 6.92 Å². The first-order chi connectivity index (χ1) is 5.20. The van der Waals surface area contributed by atoms with Crippen molar-refractivity contribution in [2.24, 2.45) is 0 Å². The molecule has 0 aliphatic carbocycles. The van der Waals surface area contributed by atoms with Crippen molar-refractivity contribution in [1.82, 2.24) is 0 Å². The van der Waals surface area contributed by atoms with Crippen LogP contribution < -0.4 is 0 Å². The molecule has 0 aliphatic heterocycles. The molecular formula is C5H10O6S. The van der Waals surface area contributed by atoms with Gasteiger partial charge in [-0.2, -0.15) is 8.42 Å². The van der Waals surface area contributed by atoms with Crippen molar-refractivity contribution < 1.29 is 27.1 Å². The van der Waals surface area contributed by atoms with Crippen LogP contribution in [0.3, 0.4) is 0 Å². The molecule has 0 bridgehead atoms. The normalized spacial score (nSPS) is 9.58. The number of rotatable bonds is 2. The van der Waals surface area contributed by atoms with E-state index in [2.05, 4.69) is 10.8 Å². The minimum absolute atomic E-state index is 0.176. The summed E-state index contributed by atoms with van der Waals surface area (Å²) in [5.41, 5.74) is 0.176. The molecule has 0 fully saturated rings. The number of hydrogen-bond acceptors (Lipinski definition) is 4. The van der Waals surface area contributed by atoms with E-state index in [1.54, 1.807) is 0 Å². The van der Waals surface area contributed by atoms with Crippen molar-refractivity contribution in [3.8, 4) is 0 Å². The van der Waals surface area contributed by atoms with Gasteiger partial charge in [0, 0.05) is 5.57 Å². The lowest BCUT2D eigenvalue weighted by molar-refractivity contribution is -0.132. The largest absolute Gasteiger partial charge is 0.478 e. The minimum atomic E-state index is -4.16. The molecule has 0 unspecified atom stereocenters. The average Bonchev–Trinajstić information content (AvgIpc) is 1.87. The van der Waals surface area contributed by atoms with Crippen LogP contribution in [0, 0.1) is 0 Å². The molecule has 7 heteroatoms. The maximum absolute atomic E-state index is 9.60. The van der Waals surface area contributed by atoms with Crippen molar-refractivity contribution in [3.63, 3.8) is 0 Å². The van der Waals surface area contributed by atoms with Crippen LogP contribution in [0.5, 0.6) is 0 Å². The Kier molecular flexibility index (Phi) is 6.48. The summed E-state index contributed by atoms with van der Waals surface area (Å²) >= 11 is 0. The standard InChI is InChI=1S/C4H6O2.CH4O4S/c1-3(2)4(5)6;1-5-6(2,3)4/h1H2,2H3,(H,5,6);1H3,(H,2,3,4). The van der Waals surface area contributed by atoms with Gasteiger partial charge in [0.05, 0.1) is 7.11 Å². The first-order valence-electron chi connectivity index (χ1n) is 2.62. The van der Waals surface area contributed by atoms with Gasteiger partial charge in [0.1, 0.15) is 0 Å². The second kappa shape index (κ2) is 5.70. The fourth-order valence-corrected chi connectivity index (χ4v) is 0. The summed E-state index contributed by atoms with van der Waals surface area (Å²) < 4.78 is 29.7. The lowest BCUT2D eigenvalue weighted by Gasteiger charge is -1.82. The molecule has 0 aromatic heterocycles. The molecule has 0 spiro atoms. The molecule has 72 valence electrons. The van der Waals surface area contributed by atoms with E-state index in [1.165, 1.54) is 6.92 Å². The summed E-state index contributed by atoms with van der Waals surface area (Å²) in [6.07, 6.45) is 0. The Morgan fingerprint density at radius 1 is 1.50 bits per heavy atom. The van der Waals surface area contributed by atoms with Crippen molar-refractivity contribution >= 4 is 16.4 Å². The molecule has 0 aromatic rings. The van der Waals surface area contributed by atoms with E-state index in [0.29, 0.717) is 0 Å². The first kappa shape index (κ1) is 13.7. The van der Waals surface area contributed by atoms with Gasteiger partial charge in [-0.1, -0.05) is 6.58 Å². The zero-order valence-corrected chi connectivity index (χ0v) is 7.46. The Balaban J connectivity index is 0. The van der Waals surface area contributed by atoms with Crippen molar-refractivity contribution in [1.29, 1.82) is 0 Å². The lowest BCUT2D eigenvalue weighted by atomic mass is 10.4. The van der Waals surface area contributed by atoms with E-state index < -0.39 is 16.4 Å². The highest BCUT2D eigenvalue weighted by Gasteiger charge is 1.94. The molecule has 0 rings (SSSR count). The summed E-state index contributed by atoms with van der Waals surface area (Å²) in [6, 6.07) is 0. The third-order valence-electron chi connectivity index (χ3n) is 0.576. The Bertz CT molecular complexity index is 239. The smallest absolute Gasteiger partial charge is 0.397 e. The molecule has 0 amide bonds. The zero-order valence-electron chi connectivity index (χ0n) is 6.64. The lowest BCUT2D eigenvalue weighted by Crippen LogP contribution is -1.96. The van der Waals surface area contributed by atoms with Crippen LogP contribution in [-0.2, 0) is 19.4 Å². The van der Waals surface area contributed by atoms with E-state index in [9.17, 15) is 13.2 Å². The maximum Gasteiger partial charge on any atom is 0.397 e. The molecule has 0 atom stereocenters. The van der Waals surface area contributed by atoms with Gasteiger partial charge in [0.25, 0.3) is 0 Å². The molecule has 12 heavy (non-hydrogen) atoms. The highest BCUT2D eigenvalue weighted by Crippen LogP contribution is 1.81. The predicted molar refractivity (Wildman–Crippen MR) is 41.0 cm³/mol. The molecule has 2 N–H and O–H groups in total. The van der Waals surface area contributed by atoms with E-state index in [-0.39, 0.29) is 5.57 Å². The second-order valence-electron chi connectivity index (χ2n) is 1.68. The molecule has 0 saturated carbocycles. The third kappa shape index (κ3) is 16.0. The summed E-state index contributed by atoms with van der Waals surface area (Å²) in [6.45, 7) is 4.60. The van der Waals surface area contributed by atoms with Crippen LogP contribution >= 0.6 is 0 Å². The van der Waals surface area contributed by atoms with Gasteiger partial charge in [0.2, 0.25) is 0 Å². The molecule has 0 saturated heterocycles. The van der Waals surface area contributed by atoms with Crippen LogP contribution in [0.15, 0.2) is 12.2 Å². The quantitative estimate of drug-likeness (QED) is 0.481. The summed E-state index contributed by atoms with van der Waals surface area (Å²) in [5, 5.41) is 7.89. The summed E-state index contributed by atoms with van der Waals surface area (Å²) in [4.78, 5) is 9.60. The van der Waals surface area contributed by atoms with Gasteiger partial charge in [-0.15, -0.1) is 0 Å². The zero-order chi connectivity index (χ0) is 10.4. The van der Waals surface area contributed by atoms with E-state index in [1.807, 2.05) is 0 Å². The van der Waals surface area contributed by atoms with Gasteiger partial charge >= 0.3 is 16.4 Å². The van der Waals surface area contributed by atoms with E-state index in [0.717, 1.165) is 7.11 Å². The minimum Gasteiger partial charge on any atom is -0.478 e. The third-order valence-corrected chi connectivity index (χ3v) is 0.997. The van der Waals surface area contributed by atoms with Crippen LogP contribution in [0.25, 0.3) is 0 Å². The Morgan fingerprint density at radius 3 is 1.67 bits per heavy atom. The second-order valence-corrected chi connectivity index (χ2v) is 2.87. The van der Waals surface area contributed by atoms with Gasteiger partial charge in [-0.25, -0.2) is 4.79 Å². The van der Waals surface area contributed by atoms with Crippen LogP contribution in [0.2, 0.25) is 0 Å². The average molecular weight is 198 g/mol. The van der Waals surface area contributed by atoms with Gasteiger partial charge in [-0.05, 0) is 6.92 Å². The molecular weight excluding hydrogens is 188 g/mol. The van der Waals surface area contributed by atoms with Crippen molar-refractivity contribution in [2.75, 3.05) is 7.11 Å². The van der Waals surface area contributed by atoms with Gasteiger partial charge < -0.3 is 5.11 Å². The highest BCUT2D eigenvalue weighted by atomic mass is 32.3. The Morgan fingerprint density at radius 2 is 1.67 bits per heavy atom. The fourth-order valence-electron chi connectivity index (χ4n) is 0. The molecule has 0 aromatic carbocycles. The van der Waals surface area contributed by atoms with Crippen molar-refractivity contribution in [2.45, 2.75) is 6.92 Å². The number of hydrogen-bond donors (Lipinski definition) is 2. The molecule has 0 heterocycles. The van der Waals surface area contributed by atoms with Gasteiger partial charge in [0.15, 0.2) is 0 Å². The number of carboxylic acids is 1. The maximum atomic E-state index is 9.60. The van der Waals surface area contributed by atoms with Crippen LogP contribution in [0.4, 0.5) is 0 Å². The summed E-state index contributed by atoms with van der Waals surface area (Å²) in [5.74, 6) is -0.935. The molecule has 0 radical (unpaired) electrons. The SMILES string of the molecule is C=C(C)C(=O)O.COS(=O)(=O)O. The van der Waals surface area contributed by atoms with E-state index >= 15 is 0 Å². The van der Waals surface area contributed by atoms with Crippen molar-refractivity contribution in [3.05, 3.63) is 12.2 Å².